The molecule has 5 nitrogen and oxygen atoms in total. The molecular weight excluding hydrogens is 429 g/mol. The van der Waals surface area contributed by atoms with Crippen molar-refractivity contribution in [3.8, 4) is 11.5 Å². The molecule has 1 fully saturated rings. The third kappa shape index (κ3) is 5.31. The second-order valence-corrected chi connectivity index (χ2v) is 10.7. The van der Waals surface area contributed by atoms with E-state index in [1.54, 1.807) is 4.90 Å². The smallest absolute Gasteiger partial charge is 0.410 e. The Bertz CT molecular complexity index is 1000. The van der Waals surface area contributed by atoms with Crippen molar-refractivity contribution in [3.63, 3.8) is 0 Å². The molecule has 0 N–H and O–H groups in total. The summed E-state index contributed by atoms with van der Waals surface area (Å²) in [7, 11) is 0. The van der Waals surface area contributed by atoms with Crippen LogP contribution in [0.2, 0.25) is 0 Å². The fraction of sp³-hybridized carbons (Fsp3) is 0.480. The minimum atomic E-state index is -0.517. The van der Waals surface area contributed by atoms with Gasteiger partial charge in [0.1, 0.15) is 29.0 Å². The summed E-state index contributed by atoms with van der Waals surface area (Å²) in [6.45, 7) is 10.6. The highest BCUT2D eigenvalue weighted by Gasteiger charge is 2.41. The summed E-state index contributed by atoms with van der Waals surface area (Å²) < 4.78 is 31.5. The van der Waals surface area contributed by atoms with Crippen LogP contribution >= 0.6 is 11.8 Å². The number of benzene rings is 2. The number of halogens is 1. The Balaban J connectivity index is 1.45. The number of fused-ring (bicyclic) bond motifs is 3. The molecule has 2 aliphatic rings. The highest BCUT2D eigenvalue weighted by molar-refractivity contribution is 7.99. The lowest BCUT2D eigenvalue weighted by molar-refractivity contribution is 0.00788. The van der Waals surface area contributed by atoms with Gasteiger partial charge in [-0.2, -0.15) is 0 Å². The zero-order valence-corrected chi connectivity index (χ0v) is 20.0. The van der Waals surface area contributed by atoms with E-state index in [2.05, 4.69) is 6.07 Å². The van der Waals surface area contributed by atoms with Crippen molar-refractivity contribution >= 4 is 17.9 Å². The maximum absolute atomic E-state index is 14.0. The summed E-state index contributed by atoms with van der Waals surface area (Å²) >= 11 is 1.47. The summed E-state index contributed by atoms with van der Waals surface area (Å²) in [5.41, 5.74) is 0.655. The normalized spacial score (nSPS) is 19.9. The van der Waals surface area contributed by atoms with Crippen molar-refractivity contribution in [1.82, 2.24) is 4.90 Å². The van der Waals surface area contributed by atoms with Crippen LogP contribution in [0.1, 0.15) is 52.5 Å². The standard InChI is InChI=1S/C25H30FNO4S/c1-15(2)29-17-10-16(26)11-19(12-17)32-18-6-7-20-21-8-9-27(24(28)31-25(3,4)5)14-23(21)30-22(20)13-18/h6-7,10-13,15,21,23H,8-9,14H2,1-5H3. The second kappa shape index (κ2) is 8.85. The van der Waals surface area contributed by atoms with Crippen LogP contribution in [0.15, 0.2) is 46.2 Å². The van der Waals surface area contributed by atoms with Crippen LogP contribution in [-0.2, 0) is 4.74 Å². The van der Waals surface area contributed by atoms with Gasteiger partial charge in [0, 0.05) is 33.9 Å². The Morgan fingerprint density at radius 1 is 1.19 bits per heavy atom. The summed E-state index contributed by atoms with van der Waals surface area (Å²) in [4.78, 5) is 15.9. The van der Waals surface area contributed by atoms with E-state index in [0.29, 0.717) is 18.8 Å². The molecule has 2 aliphatic heterocycles. The predicted molar refractivity (Wildman–Crippen MR) is 122 cm³/mol. The van der Waals surface area contributed by atoms with Crippen LogP contribution in [0.3, 0.4) is 0 Å². The molecule has 2 atom stereocenters. The molecule has 7 heteroatoms. The Labute approximate surface area is 193 Å². The van der Waals surface area contributed by atoms with Gasteiger partial charge >= 0.3 is 6.09 Å². The zero-order valence-electron chi connectivity index (χ0n) is 19.2. The zero-order chi connectivity index (χ0) is 23.0. The third-order valence-corrected chi connectivity index (χ3v) is 6.29. The van der Waals surface area contributed by atoms with E-state index in [1.807, 2.05) is 52.8 Å². The number of nitrogens with zero attached hydrogens (tertiary/aromatic N) is 1. The second-order valence-electron chi connectivity index (χ2n) is 9.57. The molecule has 172 valence electrons. The summed E-state index contributed by atoms with van der Waals surface area (Å²) in [6.07, 6.45) is 0.444. The summed E-state index contributed by atoms with van der Waals surface area (Å²) in [5, 5.41) is 0. The monoisotopic (exact) mass is 459 g/mol. The molecule has 0 aromatic heterocycles. The molecule has 32 heavy (non-hydrogen) atoms. The van der Waals surface area contributed by atoms with Crippen molar-refractivity contribution in [3.05, 3.63) is 47.8 Å². The van der Waals surface area contributed by atoms with Gasteiger partial charge in [-0.25, -0.2) is 9.18 Å². The van der Waals surface area contributed by atoms with Gasteiger partial charge < -0.3 is 19.1 Å². The molecular formula is C25H30FNO4S. The van der Waals surface area contributed by atoms with Crippen LogP contribution < -0.4 is 9.47 Å². The Morgan fingerprint density at radius 2 is 1.97 bits per heavy atom. The van der Waals surface area contributed by atoms with Gasteiger partial charge in [0.05, 0.1) is 12.6 Å². The lowest BCUT2D eigenvalue weighted by Gasteiger charge is -2.35. The van der Waals surface area contributed by atoms with Crippen LogP contribution in [-0.4, -0.2) is 41.9 Å². The van der Waals surface area contributed by atoms with E-state index in [0.717, 1.165) is 22.0 Å². The fourth-order valence-electron chi connectivity index (χ4n) is 4.11. The summed E-state index contributed by atoms with van der Waals surface area (Å²) in [5.74, 6) is 1.30. The number of likely N-dealkylation sites (tertiary alicyclic amines) is 1. The number of ether oxygens (including phenoxy) is 3. The van der Waals surface area contributed by atoms with E-state index in [4.69, 9.17) is 14.2 Å². The minimum Gasteiger partial charge on any atom is -0.491 e. The van der Waals surface area contributed by atoms with Crippen LogP contribution in [0.25, 0.3) is 0 Å². The molecule has 0 radical (unpaired) electrons. The van der Waals surface area contributed by atoms with Crippen molar-refractivity contribution in [1.29, 1.82) is 0 Å². The van der Waals surface area contributed by atoms with Crippen molar-refractivity contribution < 1.29 is 23.4 Å². The number of hydrogen-bond acceptors (Lipinski definition) is 5. The molecule has 0 spiro atoms. The van der Waals surface area contributed by atoms with Gasteiger partial charge in [-0.15, -0.1) is 0 Å². The molecule has 2 aromatic rings. The molecule has 0 aliphatic carbocycles. The molecule has 2 heterocycles. The van der Waals surface area contributed by atoms with Crippen LogP contribution in [0.5, 0.6) is 11.5 Å². The lowest BCUT2D eigenvalue weighted by Crippen LogP contribution is -2.47. The van der Waals surface area contributed by atoms with E-state index < -0.39 is 5.60 Å². The quantitative estimate of drug-likeness (QED) is 0.541. The predicted octanol–water partition coefficient (Wildman–Crippen LogP) is 6.25. The first kappa shape index (κ1) is 22.8. The van der Waals surface area contributed by atoms with Crippen molar-refractivity contribution in [2.24, 2.45) is 0 Å². The number of carbonyl (C=O) groups excluding carboxylic acids is 1. The van der Waals surface area contributed by atoms with Gasteiger partial charge in [0.15, 0.2) is 0 Å². The SMILES string of the molecule is CC(C)Oc1cc(F)cc(Sc2ccc3c(c2)OC2CN(C(=O)OC(C)(C)C)CCC32)c1. The Morgan fingerprint density at radius 3 is 2.69 bits per heavy atom. The Kier molecular flexibility index (Phi) is 6.30. The molecule has 2 aromatic carbocycles. The molecule has 0 saturated carbocycles. The average Bonchev–Trinajstić information content (AvgIpc) is 3.02. The van der Waals surface area contributed by atoms with Gasteiger partial charge in [0.2, 0.25) is 0 Å². The highest BCUT2D eigenvalue weighted by atomic mass is 32.2. The molecule has 2 unspecified atom stereocenters. The topological polar surface area (TPSA) is 48.0 Å². The fourth-order valence-corrected chi connectivity index (χ4v) is 5.03. The van der Waals surface area contributed by atoms with Gasteiger partial charge in [-0.05, 0) is 65.3 Å². The van der Waals surface area contributed by atoms with E-state index in [9.17, 15) is 9.18 Å². The van der Waals surface area contributed by atoms with Crippen molar-refractivity contribution in [2.45, 2.75) is 74.6 Å². The maximum atomic E-state index is 14.0. The number of rotatable bonds is 4. The van der Waals surface area contributed by atoms with E-state index in [1.165, 1.54) is 29.5 Å². The van der Waals surface area contributed by atoms with E-state index >= 15 is 0 Å². The first-order valence-corrected chi connectivity index (χ1v) is 11.8. The highest BCUT2D eigenvalue weighted by Crippen LogP contribution is 2.45. The van der Waals surface area contributed by atoms with Gasteiger partial charge in [0.25, 0.3) is 0 Å². The number of piperidine rings is 1. The third-order valence-electron chi connectivity index (χ3n) is 5.33. The van der Waals surface area contributed by atoms with Crippen LogP contribution in [0, 0.1) is 5.82 Å². The number of hydrogen-bond donors (Lipinski definition) is 0. The lowest BCUT2D eigenvalue weighted by atomic mass is 9.89. The Hall–Kier alpha value is -2.41. The molecule has 0 bridgehead atoms. The van der Waals surface area contributed by atoms with Gasteiger partial charge in [-0.3, -0.25) is 0 Å². The number of amides is 1. The molecule has 4 rings (SSSR count). The van der Waals surface area contributed by atoms with Crippen molar-refractivity contribution in [2.75, 3.05) is 13.1 Å². The maximum Gasteiger partial charge on any atom is 0.410 e. The minimum absolute atomic E-state index is 0.0216. The molecule has 1 amide bonds. The van der Waals surface area contributed by atoms with Gasteiger partial charge in [-0.1, -0.05) is 17.8 Å². The summed E-state index contributed by atoms with van der Waals surface area (Å²) in [6, 6.07) is 10.9. The first-order valence-electron chi connectivity index (χ1n) is 11.0. The number of carbonyl (C=O) groups is 1. The first-order chi connectivity index (χ1) is 15.1. The van der Waals surface area contributed by atoms with E-state index in [-0.39, 0.29) is 30.0 Å². The largest absolute Gasteiger partial charge is 0.491 e. The molecule has 1 saturated heterocycles. The van der Waals surface area contributed by atoms with Crippen LogP contribution in [0.4, 0.5) is 9.18 Å². The average molecular weight is 460 g/mol.